The maximum Gasteiger partial charge on any atom is 0.338 e. The molecular weight excluding hydrogens is 442 g/mol. The second kappa shape index (κ2) is 11.3. The van der Waals surface area contributed by atoms with Crippen molar-refractivity contribution in [2.24, 2.45) is 0 Å². The molecule has 3 N–H and O–H groups in total. The van der Waals surface area contributed by atoms with Gasteiger partial charge in [0.2, 0.25) is 5.91 Å². The molecule has 1 amide bonds. The summed E-state index contributed by atoms with van der Waals surface area (Å²) in [7, 11) is 0. The second-order valence-electron chi connectivity index (χ2n) is 10.4. The molecule has 0 saturated carbocycles. The molecule has 0 unspecified atom stereocenters. The number of esters is 1. The van der Waals surface area contributed by atoms with Gasteiger partial charge in [-0.3, -0.25) is 4.79 Å². The Balaban J connectivity index is 1.43. The first-order valence-electron chi connectivity index (χ1n) is 12.6. The van der Waals surface area contributed by atoms with Crippen molar-refractivity contribution in [3.8, 4) is 0 Å². The van der Waals surface area contributed by atoms with E-state index in [0.29, 0.717) is 23.7 Å². The molecule has 0 spiro atoms. The van der Waals surface area contributed by atoms with Gasteiger partial charge in [-0.2, -0.15) is 0 Å². The van der Waals surface area contributed by atoms with E-state index in [0.717, 1.165) is 32.4 Å². The highest BCUT2D eigenvalue weighted by molar-refractivity contribution is 5.96. The van der Waals surface area contributed by atoms with Gasteiger partial charge < -0.3 is 25.4 Å². The van der Waals surface area contributed by atoms with Crippen LogP contribution in [0.2, 0.25) is 0 Å². The van der Waals surface area contributed by atoms with Crippen LogP contribution in [0.5, 0.6) is 0 Å². The molecule has 7 nitrogen and oxygen atoms in total. The minimum atomic E-state index is -0.558. The van der Waals surface area contributed by atoms with Gasteiger partial charge in [-0.25, -0.2) is 4.79 Å². The lowest BCUT2D eigenvalue weighted by molar-refractivity contribution is -0.127. The van der Waals surface area contributed by atoms with E-state index in [-0.39, 0.29) is 24.1 Å². The summed E-state index contributed by atoms with van der Waals surface area (Å²) >= 11 is 0. The summed E-state index contributed by atoms with van der Waals surface area (Å²) in [6.07, 6.45) is 2.62. The van der Waals surface area contributed by atoms with Gasteiger partial charge in [0.1, 0.15) is 11.6 Å². The lowest BCUT2D eigenvalue weighted by Crippen LogP contribution is -2.56. The summed E-state index contributed by atoms with van der Waals surface area (Å²) in [5.74, 6) is -0.216. The number of carbonyl (C=O) groups excluding carboxylic acids is 2. The molecular formula is C28H37N3O4. The van der Waals surface area contributed by atoms with Gasteiger partial charge >= 0.3 is 5.97 Å². The van der Waals surface area contributed by atoms with Crippen LogP contribution in [0.15, 0.2) is 54.6 Å². The molecule has 2 aliphatic rings. The van der Waals surface area contributed by atoms with E-state index in [1.54, 1.807) is 24.3 Å². The molecule has 2 heterocycles. The maximum absolute atomic E-state index is 13.3. The van der Waals surface area contributed by atoms with Gasteiger partial charge in [0, 0.05) is 12.2 Å². The van der Waals surface area contributed by atoms with Crippen molar-refractivity contribution >= 4 is 17.6 Å². The Morgan fingerprint density at radius 2 is 1.66 bits per heavy atom. The van der Waals surface area contributed by atoms with Crippen LogP contribution < -0.4 is 16.0 Å². The fourth-order valence-electron chi connectivity index (χ4n) is 4.70. The lowest BCUT2D eigenvalue weighted by atomic mass is 9.86. The predicted octanol–water partition coefficient (Wildman–Crippen LogP) is 3.86. The minimum absolute atomic E-state index is 0.125. The molecule has 2 aromatic carbocycles. The second-order valence-corrected chi connectivity index (χ2v) is 10.4. The molecule has 4 rings (SSSR count). The Morgan fingerprint density at radius 1 is 0.971 bits per heavy atom. The van der Waals surface area contributed by atoms with E-state index in [1.165, 1.54) is 5.56 Å². The molecule has 2 aliphatic heterocycles. The Morgan fingerprint density at radius 3 is 2.31 bits per heavy atom. The fourth-order valence-corrected chi connectivity index (χ4v) is 4.70. The number of benzene rings is 2. The highest BCUT2D eigenvalue weighted by atomic mass is 16.6. The summed E-state index contributed by atoms with van der Waals surface area (Å²) in [5, 5.41) is 9.83. The Bertz CT molecular complexity index is 982. The molecule has 188 valence electrons. The van der Waals surface area contributed by atoms with Crippen LogP contribution >= 0.6 is 0 Å². The normalized spacial score (nSPS) is 23.5. The Labute approximate surface area is 208 Å². The van der Waals surface area contributed by atoms with Crippen LogP contribution in [0.3, 0.4) is 0 Å². The number of piperidine rings is 2. The van der Waals surface area contributed by atoms with Crippen molar-refractivity contribution < 1.29 is 19.1 Å². The van der Waals surface area contributed by atoms with Crippen LogP contribution in [-0.2, 0) is 14.3 Å². The van der Waals surface area contributed by atoms with Gasteiger partial charge in [-0.05, 0) is 88.9 Å². The topological polar surface area (TPSA) is 88.7 Å². The number of anilines is 1. The zero-order valence-electron chi connectivity index (χ0n) is 20.9. The van der Waals surface area contributed by atoms with Crippen molar-refractivity contribution in [1.82, 2.24) is 10.6 Å². The third-order valence-electron chi connectivity index (χ3n) is 6.47. The number of hydrogen-bond acceptors (Lipinski definition) is 6. The zero-order chi connectivity index (χ0) is 24.8. The summed E-state index contributed by atoms with van der Waals surface area (Å²) in [5.41, 5.74) is 1.79. The van der Waals surface area contributed by atoms with Gasteiger partial charge in [0.25, 0.3) is 0 Å². The molecule has 0 bridgehead atoms. The van der Waals surface area contributed by atoms with E-state index < -0.39 is 11.6 Å². The van der Waals surface area contributed by atoms with Gasteiger partial charge in [-0.15, -0.1) is 0 Å². The molecule has 3 atom stereocenters. The molecule has 2 fully saturated rings. The van der Waals surface area contributed by atoms with Gasteiger partial charge in [0.05, 0.1) is 17.8 Å². The van der Waals surface area contributed by atoms with Crippen LogP contribution in [0, 0.1) is 0 Å². The van der Waals surface area contributed by atoms with E-state index in [4.69, 9.17) is 9.47 Å². The van der Waals surface area contributed by atoms with Crippen molar-refractivity contribution in [3.63, 3.8) is 0 Å². The van der Waals surface area contributed by atoms with Crippen molar-refractivity contribution in [3.05, 3.63) is 65.7 Å². The first kappa shape index (κ1) is 25.4. The first-order valence-corrected chi connectivity index (χ1v) is 12.6. The molecule has 0 aliphatic carbocycles. The van der Waals surface area contributed by atoms with Crippen molar-refractivity contribution in [1.29, 1.82) is 0 Å². The molecule has 2 saturated heterocycles. The average Bonchev–Trinajstić information content (AvgIpc) is 2.84. The zero-order valence-corrected chi connectivity index (χ0v) is 20.9. The van der Waals surface area contributed by atoms with Gasteiger partial charge in [-0.1, -0.05) is 30.3 Å². The molecule has 0 radical (unpaired) electrons. The van der Waals surface area contributed by atoms with Gasteiger partial charge in [0.15, 0.2) is 0 Å². The van der Waals surface area contributed by atoms with E-state index >= 15 is 0 Å². The number of nitrogens with one attached hydrogen (secondary N) is 3. The molecule has 35 heavy (non-hydrogen) atoms. The summed E-state index contributed by atoms with van der Waals surface area (Å²) < 4.78 is 11.9. The molecule has 0 aromatic heterocycles. The number of amides is 1. The Kier molecular flexibility index (Phi) is 8.21. The predicted molar refractivity (Wildman–Crippen MR) is 137 cm³/mol. The smallest absolute Gasteiger partial charge is 0.338 e. The third kappa shape index (κ3) is 7.13. The number of rotatable bonds is 6. The lowest BCUT2D eigenvalue weighted by Gasteiger charge is -2.39. The summed E-state index contributed by atoms with van der Waals surface area (Å²) in [6, 6.07) is 16.8. The summed E-state index contributed by atoms with van der Waals surface area (Å²) in [6.45, 7) is 8.09. The molecule has 7 heteroatoms. The van der Waals surface area contributed by atoms with Crippen molar-refractivity contribution in [2.45, 2.75) is 69.8 Å². The van der Waals surface area contributed by atoms with Crippen LogP contribution in [0.25, 0.3) is 0 Å². The Hall–Kier alpha value is -2.74. The minimum Gasteiger partial charge on any atom is -0.456 e. The van der Waals surface area contributed by atoms with Crippen molar-refractivity contribution in [2.75, 3.05) is 25.0 Å². The van der Waals surface area contributed by atoms with Crippen LogP contribution in [-0.4, -0.2) is 55.4 Å². The highest BCUT2D eigenvalue weighted by Gasteiger charge is 2.37. The average molecular weight is 480 g/mol. The number of hydrogen-bond donors (Lipinski definition) is 3. The highest BCUT2D eigenvalue weighted by Crippen LogP contribution is 2.29. The SMILES string of the molecule is CC(C)(C)OC(=O)c1ccc(NC(=O)[C@H]2NC[C@@H](c3ccccc3)C[C@H]2OC2CCNCC2)cc1. The van der Waals surface area contributed by atoms with Crippen LogP contribution in [0.1, 0.15) is 61.9 Å². The quantitative estimate of drug-likeness (QED) is 0.545. The molecule has 2 aromatic rings. The van der Waals surface area contributed by atoms with E-state index in [2.05, 4.69) is 40.2 Å². The fraction of sp³-hybridized carbons (Fsp3) is 0.500. The van der Waals surface area contributed by atoms with E-state index in [1.807, 2.05) is 26.8 Å². The van der Waals surface area contributed by atoms with E-state index in [9.17, 15) is 9.59 Å². The number of ether oxygens (including phenoxy) is 2. The maximum atomic E-state index is 13.3. The summed E-state index contributed by atoms with van der Waals surface area (Å²) in [4.78, 5) is 25.6. The first-order chi connectivity index (χ1) is 16.8. The third-order valence-corrected chi connectivity index (χ3v) is 6.47. The standard InChI is InChI=1S/C28H37N3O4/c1-28(2,3)35-27(33)20-9-11-22(12-10-20)31-26(32)25-24(34-23-13-15-29-16-14-23)17-21(18-30-25)19-7-5-4-6-8-19/h4-12,21,23-25,29-30H,13-18H2,1-3H3,(H,31,32)/t21-,24+,25-/m0/s1. The van der Waals surface area contributed by atoms with Crippen LogP contribution in [0.4, 0.5) is 5.69 Å². The monoisotopic (exact) mass is 479 g/mol. The largest absolute Gasteiger partial charge is 0.456 e. The number of carbonyl (C=O) groups is 2.